The Balaban J connectivity index is 1.77. The standard InChI is InChI=1S/C18H30F3N5/c1-3-22-17(24-9-4-5-11-26-12-10-23-14(26)2)25-16-8-6-7-15(13-16)18(19,20)21/h10,12,15-16H,3-9,11,13H2,1-2H3,(H2,22,24,25). The monoisotopic (exact) mass is 373 g/mol. The zero-order valence-corrected chi connectivity index (χ0v) is 15.6. The minimum atomic E-state index is -4.10. The van der Waals surface area contributed by atoms with Gasteiger partial charge in [0.15, 0.2) is 5.96 Å². The van der Waals surface area contributed by atoms with Gasteiger partial charge in [0.2, 0.25) is 0 Å². The molecule has 0 bridgehead atoms. The molecule has 0 spiro atoms. The molecule has 5 nitrogen and oxygen atoms in total. The Bertz CT molecular complexity index is 567. The van der Waals surface area contributed by atoms with Crippen LogP contribution in [0.2, 0.25) is 0 Å². The number of alkyl halides is 3. The first-order chi connectivity index (χ1) is 12.4. The van der Waals surface area contributed by atoms with Crippen LogP contribution in [0.15, 0.2) is 17.4 Å². The van der Waals surface area contributed by atoms with E-state index < -0.39 is 12.1 Å². The highest BCUT2D eigenvalue weighted by Crippen LogP contribution is 2.37. The van der Waals surface area contributed by atoms with Crippen molar-refractivity contribution in [2.75, 3.05) is 13.1 Å². The van der Waals surface area contributed by atoms with Crippen molar-refractivity contribution >= 4 is 5.96 Å². The molecule has 8 heteroatoms. The van der Waals surface area contributed by atoms with Crippen molar-refractivity contribution in [1.82, 2.24) is 20.2 Å². The first-order valence-corrected chi connectivity index (χ1v) is 9.49. The van der Waals surface area contributed by atoms with Gasteiger partial charge in [0, 0.05) is 38.1 Å². The number of aliphatic imine (C=N–C) groups is 1. The van der Waals surface area contributed by atoms with E-state index in [1.807, 2.05) is 20.0 Å². The summed E-state index contributed by atoms with van der Waals surface area (Å²) >= 11 is 0. The van der Waals surface area contributed by atoms with E-state index in [0.717, 1.165) is 31.6 Å². The Morgan fingerprint density at radius 1 is 1.35 bits per heavy atom. The van der Waals surface area contributed by atoms with Gasteiger partial charge >= 0.3 is 6.18 Å². The summed E-state index contributed by atoms with van der Waals surface area (Å²) in [5, 5.41) is 6.34. The van der Waals surface area contributed by atoms with Crippen LogP contribution in [-0.4, -0.2) is 40.8 Å². The van der Waals surface area contributed by atoms with E-state index in [1.54, 1.807) is 6.20 Å². The number of hydrogen-bond donors (Lipinski definition) is 2. The third-order valence-electron chi connectivity index (χ3n) is 4.82. The van der Waals surface area contributed by atoms with Gasteiger partial charge in [-0.05, 0) is 46.0 Å². The van der Waals surface area contributed by atoms with Crippen LogP contribution in [0.4, 0.5) is 13.2 Å². The summed E-state index contributed by atoms with van der Waals surface area (Å²) in [6, 6.07) is -0.165. The first-order valence-electron chi connectivity index (χ1n) is 9.49. The molecule has 0 radical (unpaired) electrons. The molecule has 1 aromatic heterocycles. The molecule has 0 aliphatic heterocycles. The van der Waals surface area contributed by atoms with Crippen molar-refractivity contribution in [3.8, 4) is 0 Å². The predicted molar refractivity (Wildman–Crippen MR) is 97.1 cm³/mol. The number of imidazole rings is 1. The molecular weight excluding hydrogens is 343 g/mol. The SMILES string of the molecule is CCNC(=NCCCCn1ccnc1C)NC1CCCC(C(F)(F)F)C1. The van der Waals surface area contributed by atoms with E-state index in [1.165, 1.54) is 0 Å². The van der Waals surface area contributed by atoms with Gasteiger partial charge in [-0.15, -0.1) is 0 Å². The summed E-state index contributed by atoms with van der Waals surface area (Å²) in [7, 11) is 0. The van der Waals surface area contributed by atoms with E-state index in [0.29, 0.717) is 25.5 Å². The quantitative estimate of drug-likeness (QED) is 0.436. The average Bonchev–Trinajstić information content (AvgIpc) is 2.99. The molecule has 2 rings (SSSR count). The number of aryl methyl sites for hydroxylation is 2. The van der Waals surface area contributed by atoms with Crippen molar-refractivity contribution in [2.24, 2.45) is 10.9 Å². The van der Waals surface area contributed by atoms with Crippen molar-refractivity contribution in [2.45, 2.75) is 71.1 Å². The van der Waals surface area contributed by atoms with Gasteiger partial charge in [0.25, 0.3) is 0 Å². The van der Waals surface area contributed by atoms with Gasteiger partial charge in [0.05, 0.1) is 5.92 Å². The lowest BCUT2D eigenvalue weighted by molar-refractivity contribution is -0.183. The van der Waals surface area contributed by atoms with E-state index in [9.17, 15) is 13.2 Å². The summed E-state index contributed by atoms with van der Waals surface area (Å²) in [5.74, 6) is 0.425. The van der Waals surface area contributed by atoms with Crippen LogP contribution in [-0.2, 0) is 6.54 Å². The Labute approximate surface area is 153 Å². The van der Waals surface area contributed by atoms with Gasteiger partial charge in [0.1, 0.15) is 5.82 Å². The van der Waals surface area contributed by atoms with Gasteiger partial charge in [-0.3, -0.25) is 4.99 Å². The van der Waals surface area contributed by atoms with Crippen LogP contribution >= 0.6 is 0 Å². The van der Waals surface area contributed by atoms with Crippen LogP contribution in [0.3, 0.4) is 0 Å². The predicted octanol–water partition coefficient (Wildman–Crippen LogP) is 3.65. The topological polar surface area (TPSA) is 54.2 Å². The number of nitrogens with zero attached hydrogens (tertiary/aromatic N) is 3. The minimum absolute atomic E-state index is 0.133. The van der Waals surface area contributed by atoms with E-state index >= 15 is 0 Å². The van der Waals surface area contributed by atoms with Crippen molar-refractivity contribution in [1.29, 1.82) is 0 Å². The summed E-state index contributed by atoms with van der Waals surface area (Å²) in [5.41, 5.74) is 0. The minimum Gasteiger partial charge on any atom is -0.357 e. The highest BCUT2D eigenvalue weighted by Gasteiger charge is 2.42. The normalized spacial score (nSPS) is 21.7. The first kappa shape index (κ1) is 20.6. The number of unbranched alkanes of at least 4 members (excludes halogenated alkanes) is 1. The number of hydrogen-bond acceptors (Lipinski definition) is 2. The molecule has 2 N–H and O–H groups in total. The van der Waals surface area contributed by atoms with Crippen molar-refractivity contribution < 1.29 is 13.2 Å². The number of rotatable bonds is 7. The molecule has 2 atom stereocenters. The molecule has 148 valence electrons. The molecule has 2 unspecified atom stereocenters. The largest absolute Gasteiger partial charge is 0.391 e. The Morgan fingerprint density at radius 2 is 2.15 bits per heavy atom. The highest BCUT2D eigenvalue weighted by molar-refractivity contribution is 5.80. The maximum absolute atomic E-state index is 13.0. The fourth-order valence-electron chi connectivity index (χ4n) is 3.36. The summed E-state index contributed by atoms with van der Waals surface area (Å²) in [6.07, 6.45) is 3.30. The average molecular weight is 373 g/mol. The van der Waals surface area contributed by atoms with Crippen LogP contribution in [0.1, 0.15) is 51.3 Å². The van der Waals surface area contributed by atoms with Gasteiger partial charge in [-0.25, -0.2) is 4.98 Å². The lowest BCUT2D eigenvalue weighted by Crippen LogP contribution is -2.46. The molecule has 0 aromatic carbocycles. The second-order valence-electron chi connectivity index (χ2n) is 6.88. The van der Waals surface area contributed by atoms with Gasteiger partial charge in [-0.2, -0.15) is 13.2 Å². The van der Waals surface area contributed by atoms with Crippen molar-refractivity contribution in [3.05, 3.63) is 18.2 Å². The highest BCUT2D eigenvalue weighted by atomic mass is 19.4. The molecule has 1 aliphatic rings. The van der Waals surface area contributed by atoms with Gasteiger partial charge < -0.3 is 15.2 Å². The molecule has 26 heavy (non-hydrogen) atoms. The second kappa shape index (κ2) is 9.83. The molecule has 1 aliphatic carbocycles. The Morgan fingerprint density at radius 3 is 2.81 bits per heavy atom. The Kier molecular flexibility index (Phi) is 7.78. The lowest BCUT2D eigenvalue weighted by Gasteiger charge is -2.31. The molecule has 1 heterocycles. The zero-order chi connectivity index (χ0) is 19.0. The van der Waals surface area contributed by atoms with Crippen molar-refractivity contribution in [3.63, 3.8) is 0 Å². The molecule has 1 aromatic rings. The maximum atomic E-state index is 13.0. The van der Waals surface area contributed by atoms with Crippen LogP contribution < -0.4 is 10.6 Å². The summed E-state index contributed by atoms with van der Waals surface area (Å²) in [6.45, 7) is 6.18. The van der Waals surface area contributed by atoms with Gasteiger partial charge in [-0.1, -0.05) is 6.42 Å². The fourth-order valence-corrected chi connectivity index (χ4v) is 3.36. The summed E-state index contributed by atoms with van der Waals surface area (Å²) in [4.78, 5) is 8.72. The lowest BCUT2D eigenvalue weighted by atomic mass is 9.85. The molecule has 1 saturated carbocycles. The fraction of sp³-hybridized carbons (Fsp3) is 0.778. The van der Waals surface area contributed by atoms with E-state index in [2.05, 4.69) is 25.2 Å². The molecule has 0 saturated heterocycles. The number of guanidine groups is 1. The Hall–Kier alpha value is -1.73. The third kappa shape index (κ3) is 6.53. The number of nitrogens with one attached hydrogen (secondary N) is 2. The van der Waals surface area contributed by atoms with Crippen LogP contribution in [0.5, 0.6) is 0 Å². The maximum Gasteiger partial charge on any atom is 0.391 e. The number of halogens is 3. The smallest absolute Gasteiger partial charge is 0.357 e. The second-order valence-corrected chi connectivity index (χ2v) is 6.88. The van der Waals surface area contributed by atoms with E-state index in [4.69, 9.17) is 0 Å². The molecule has 1 fully saturated rings. The zero-order valence-electron chi connectivity index (χ0n) is 15.6. The van der Waals surface area contributed by atoms with E-state index in [-0.39, 0.29) is 18.9 Å². The summed E-state index contributed by atoms with van der Waals surface area (Å²) < 4.78 is 41.0. The van der Waals surface area contributed by atoms with Crippen LogP contribution in [0.25, 0.3) is 0 Å². The molecule has 0 amide bonds. The molecular formula is C18H30F3N5. The number of aromatic nitrogens is 2. The third-order valence-corrected chi connectivity index (χ3v) is 4.82. The van der Waals surface area contributed by atoms with Crippen LogP contribution in [0, 0.1) is 12.8 Å².